The van der Waals surface area contributed by atoms with Gasteiger partial charge in [0.15, 0.2) is 5.82 Å². The summed E-state index contributed by atoms with van der Waals surface area (Å²) < 4.78 is 0. The molecule has 0 atom stereocenters. The van der Waals surface area contributed by atoms with Crippen molar-refractivity contribution in [1.82, 2.24) is 9.97 Å². The first-order valence-corrected chi connectivity index (χ1v) is 19.0. The molecule has 0 saturated heterocycles. The van der Waals surface area contributed by atoms with Crippen LogP contribution in [-0.2, 0) is 5.41 Å². The highest BCUT2D eigenvalue weighted by Gasteiger charge is 2.37. The molecule has 1 heterocycles. The van der Waals surface area contributed by atoms with Gasteiger partial charge in [0.1, 0.15) is 0 Å². The fraction of sp³-hybridized carbons (Fsp3) is 0.0566. The van der Waals surface area contributed by atoms with Gasteiger partial charge in [0.2, 0.25) is 0 Å². The zero-order chi connectivity index (χ0) is 36.9. The molecule has 1 aromatic heterocycles. The van der Waals surface area contributed by atoms with Gasteiger partial charge >= 0.3 is 0 Å². The number of rotatable bonds is 6. The van der Waals surface area contributed by atoms with Crippen molar-refractivity contribution < 1.29 is 0 Å². The molecule has 0 aliphatic heterocycles. The van der Waals surface area contributed by atoms with E-state index in [0.29, 0.717) is 5.82 Å². The van der Waals surface area contributed by atoms with E-state index in [-0.39, 0.29) is 5.41 Å². The van der Waals surface area contributed by atoms with Crippen molar-refractivity contribution in [1.29, 1.82) is 0 Å². The second-order valence-corrected chi connectivity index (χ2v) is 15.0. The smallest absolute Gasteiger partial charge is 0.160 e. The summed E-state index contributed by atoms with van der Waals surface area (Å²) in [7, 11) is 0. The fourth-order valence-electron chi connectivity index (χ4n) is 8.34. The molecule has 0 fully saturated rings. The quantitative estimate of drug-likeness (QED) is 0.172. The third-order valence-electron chi connectivity index (χ3n) is 11.3. The van der Waals surface area contributed by atoms with Crippen molar-refractivity contribution in [2.45, 2.75) is 19.3 Å². The molecule has 0 N–H and O–H groups in total. The van der Waals surface area contributed by atoms with Gasteiger partial charge in [0.05, 0.1) is 11.4 Å². The summed E-state index contributed by atoms with van der Waals surface area (Å²) in [6.45, 7) is 4.72. The molecule has 0 spiro atoms. The van der Waals surface area contributed by atoms with Crippen molar-refractivity contribution in [3.8, 4) is 78.4 Å². The first-order chi connectivity index (χ1) is 27.0. The van der Waals surface area contributed by atoms with Crippen LogP contribution < -0.4 is 0 Å². The zero-order valence-electron chi connectivity index (χ0n) is 30.9. The minimum absolute atomic E-state index is 0.0715. The maximum atomic E-state index is 5.12. The number of fused-ring (bicyclic) bond motifs is 4. The molecule has 55 heavy (non-hydrogen) atoms. The van der Waals surface area contributed by atoms with Crippen molar-refractivity contribution in [3.63, 3.8) is 0 Å². The van der Waals surface area contributed by atoms with Gasteiger partial charge in [-0.1, -0.05) is 184 Å². The molecule has 8 aromatic carbocycles. The molecule has 0 unspecified atom stereocenters. The third-order valence-corrected chi connectivity index (χ3v) is 11.3. The Morgan fingerprint density at radius 2 is 0.836 bits per heavy atom. The van der Waals surface area contributed by atoms with Gasteiger partial charge in [0, 0.05) is 22.1 Å². The Labute approximate surface area is 322 Å². The minimum Gasteiger partial charge on any atom is -0.228 e. The SMILES string of the molecule is CC1(C)c2cc3ccccc3cc2-c2c(-c3ccc(-c4cccc(-c5cc(-c6ccc(-c7ccccc7)cc6)nc(-c6ccccc6)n5)c4)cc3)cccc21. The number of nitrogens with zero attached hydrogens (tertiary/aromatic N) is 2. The van der Waals surface area contributed by atoms with Crippen molar-refractivity contribution in [2.75, 3.05) is 0 Å². The maximum Gasteiger partial charge on any atom is 0.160 e. The van der Waals surface area contributed by atoms with Gasteiger partial charge in [-0.2, -0.15) is 0 Å². The summed E-state index contributed by atoms with van der Waals surface area (Å²) in [6, 6.07) is 69.6. The Morgan fingerprint density at radius 3 is 1.55 bits per heavy atom. The highest BCUT2D eigenvalue weighted by atomic mass is 14.9. The summed E-state index contributed by atoms with van der Waals surface area (Å²) in [6.07, 6.45) is 0. The Balaban J connectivity index is 1.01. The lowest BCUT2D eigenvalue weighted by Gasteiger charge is -2.22. The number of benzene rings is 8. The molecule has 0 amide bonds. The second-order valence-electron chi connectivity index (χ2n) is 15.0. The van der Waals surface area contributed by atoms with E-state index in [4.69, 9.17) is 9.97 Å². The normalized spacial score (nSPS) is 12.7. The van der Waals surface area contributed by atoms with E-state index in [1.807, 2.05) is 24.3 Å². The van der Waals surface area contributed by atoms with Gasteiger partial charge in [-0.25, -0.2) is 9.97 Å². The van der Waals surface area contributed by atoms with Crippen LogP contribution >= 0.6 is 0 Å². The number of hydrogen-bond donors (Lipinski definition) is 0. The molecule has 1 aliphatic rings. The molecule has 0 saturated carbocycles. The average molecular weight is 703 g/mol. The van der Waals surface area contributed by atoms with E-state index in [2.05, 4.69) is 184 Å². The zero-order valence-corrected chi connectivity index (χ0v) is 30.9. The molecule has 1 aliphatic carbocycles. The summed E-state index contributed by atoms with van der Waals surface area (Å²) in [4.78, 5) is 10.2. The molecule has 2 nitrogen and oxygen atoms in total. The van der Waals surface area contributed by atoms with Crippen LogP contribution in [0.1, 0.15) is 25.0 Å². The maximum absolute atomic E-state index is 5.12. The Bertz CT molecular complexity index is 2850. The standard InChI is InChI=1S/C53H38N2/c1-53(2)47-22-12-21-45(51(47)46-32-42-17-9-10-18-43(42)33-48(46)53)38-27-23-37(24-28-38)41-19-11-20-44(31-41)50-34-49(54-52(55-50)40-15-7-4-8-16-40)39-29-25-36(26-30-39)35-13-5-3-6-14-35/h3-34H,1-2H3. The largest absolute Gasteiger partial charge is 0.228 e. The molecule has 0 bridgehead atoms. The van der Waals surface area contributed by atoms with E-state index in [9.17, 15) is 0 Å². The minimum atomic E-state index is -0.0715. The molecule has 9 aromatic rings. The highest BCUT2D eigenvalue weighted by molar-refractivity contribution is 5.98. The van der Waals surface area contributed by atoms with Gasteiger partial charge in [-0.3, -0.25) is 0 Å². The lowest BCUT2D eigenvalue weighted by molar-refractivity contribution is 0.661. The lowest BCUT2D eigenvalue weighted by atomic mass is 9.81. The first kappa shape index (κ1) is 32.7. The van der Waals surface area contributed by atoms with Crippen LogP contribution in [0.4, 0.5) is 0 Å². The molecule has 0 radical (unpaired) electrons. The van der Waals surface area contributed by atoms with Gasteiger partial charge in [-0.05, 0) is 90.7 Å². The summed E-state index contributed by atoms with van der Waals surface area (Å²) >= 11 is 0. The van der Waals surface area contributed by atoms with Gasteiger partial charge < -0.3 is 0 Å². The van der Waals surface area contributed by atoms with Crippen LogP contribution in [0.15, 0.2) is 194 Å². The van der Waals surface area contributed by atoms with Crippen LogP contribution in [0.25, 0.3) is 89.2 Å². The van der Waals surface area contributed by atoms with Crippen molar-refractivity contribution >= 4 is 10.8 Å². The molecule has 260 valence electrons. The average Bonchev–Trinajstić information content (AvgIpc) is 3.48. The molecular weight excluding hydrogens is 665 g/mol. The number of hydrogen-bond acceptors (Lipinski definition) is 2. The van der Waals surface area contributed by atoms with Crippen molar-refractivity contribution in [3.05, 3.63) is 205 Å². The molecule has 2 heteroatoms. The predicted molar refractivity (Wildman–Crippen MR) is 230 cm³/mol. The van der Waals surface area contributed by atoms with E-state index in [1.165, 1.54) is 60.8 Å². The van der Waals surface area contributed by atoms with Crippen LogP contribution in [0.2, 0.25) is 0 Å². The summed E-state index contributed by atoms with van der Waals surface area (Å²) in [5.41, 5.74) is 17.5. The van der Waals surface area contributed by atoms with E-state index >= 15 is 0 Å². The highest BCUT2D eigenvalue weighted by Crippen LogP contribution is 2.53. The monoisotopic (exact) mass is 702 g/mol. The molecule has 10 rings (SSSR count). The van der Waals surface area contributed by atoms with E-state index in [0.717, 1.165) is 33.6 Å². The number of aromatic nitrogens is 2. The Morgan fingerprint density at radius 1 is 0.327 bits per heavy atom. The predicted octanol–water partition coefficient (Wildman–Crippen LogP) is 13.9. The first-order valence-electron chi connectivity index (χ1n) is 19.0. The summed E-state index contributed by atoms with van der Waals surface area (Å²) in [5.74, 6) is 0.711. The topological polar surface area (TPSA) is 25.8 Å². The Hall–Kier alpha value is -6.90. The van der Waals surface area contributed by atoms with Crippen LogP contribution in [0.3, 0.4) is 0 Å². The lowest BCUT2D eigenvalue weighted by Crippen LogP contribution is -2.14. The van der Waals surface area contributed by atoms with Gasteiger partial charge in [-0.15, -0.1) is 0 Å². The van der Waals surface area contributed by atoms with E-state index in [1.54, 1.807) is 0 Å². The Kier molecular flexibility index (Phi) is 7.85. The van der Waals surface area contributed by atoms with Crippen molar-refractivity contribution in [2.24, 2.45) is 0 Å². The fourth-order valence-corrected chi connectivity index (χ4v) is 8.34. The van der Waals surface area contributed by atoms with Crippen LogP contribution in [0.5, 0.6) is 0 Å². The summed E-state index contributed by atoms with van der Waals surface area (Å²) in [5, 5.41) is 2.57. The van der Waals surface area contributed by atoms with Crippen LogP contribution in [-0.4, -0.2) is 9.97 Å². The van der Waals surface area contributed by atoms with Crippen LogP contribution in [0, 0.1) is 0 Å². The third kappa shape index (κ3) is 5.84. The van der Waals surface area contributed by atoms with E-state index < -0.39 is 0 Å². The molecular formula is C53H38N2. The second kappa shape index (κ2) is 13.2. The van der Waals surface area contributed by atoms with Gasteiger partial charge in [0.25, 0.3) is 0 Å².